The van der Waals surface area contributed by atoms with Crippen LogP contribution in [0.2, 0.25) is 0 Å². The summed E-state index contributed by atoms with van der Waals surface area (Å²) in [6.45, 7) is 2.17. The lowest BCUT2D eigenvalue weighted by Crippen LogP contribution is -1.89. The number of hydrogen-bond donors (Lipinski definition) is 0. The predicted molar refractivity (Wildman–Crippen MR) is 82.8 cm³/mol. The summed E-state index contributed by atoms with van der Waals surface area (Å²) in [7, 11) is 1.59. The van der Waals surface area contributed by atoms with E-state index >= 15 is 0 Å². The lowest BCUT2D eigenvalue weighted by molar-refractivity contribution is 0.490. The molecule has 6 heteroatoms. The standard InChI is InChI=1S/C15H18ClNO3S/c1-2-3-4-5-6-15-17-11-14(20-15)12-7-9-13(10-8-12)21(16,18)19/h7-11H,2-6H2,1H3. The predicted octanol–water partition coefficient (Wildman–Crippen LogP) is 4.39. The molecule has 0 saturated carbocycles. The van der Waals surface area contributed by atoms with Crippen molar-refractivity contribution < 1.29 is 12.8 Å². The minimum Gasteiger partial charge on any atom is -0.441 e. The van der Waals surface area contributed by atoms with Crippen molar-refractivity contribution in [2.75, 3.05) is 0 Å². The Bertz CT molecular complexity index is 677. The highest BCUT2D eigenvalue weighted by Crippen LogP contribution is 2.24. The van der Waals surface area contributed by atoms with Gasteiger partial charge >= 0.3 is 0 Å². The first kappa shape index (κ1) is 16.0. The van der Waals surface area contributed by atoms with E-state index in [9.17, 15) is 8.42 Å². The Morgan fingerprint density at radius 1 is 1.14 bits per heavy atom. The van der Waals surface area contributed by atoms with Gasteiger partial charge in [-0.1, -0.05) is 26.2 Å². The number of halogens is 1. The third-order valence-electron chi connectivity index (χ3n) is 3.22. The van der Waals surface area contributed by atoms with Crippen molar-refractivity contribution in [3.63, 3.8) is 0 Å². The average Bonchev–Trinajstić information content (AvgIpc) is 2.92. The summed E-state index contributed by atoms with van der Waals surface area (Å²) >= 11 is 0. The first-order valence-electron chi connectivity index (χ1n) is 7.00. The zero-order valence-electron chi connectivity index (χ0n) is 11.9. The molecule has 0 amide bonds. The van der Waals surface area contributed by atoms with E-state index in [0.717, 1.165) is 24.3 Å². The molecule has 114 valence electrons. The van der Waals surface area contributed by atoms with Gasteiger partial charge in [-0.2, -0.15) is 0 Å². The van der Waals surface area contributed by atoms with Crippen LogP contribution in [0.1, 0.15) is 38.5 Å². The first-order valence-corrected chi connectivity index (χ1v) is 9.31. The highest BCUT2D eigenvalue weighted by Gasteiger charge is 2.11. The summed E-state index contributed by atoms with van der Waals surface area (Å²) < 4.78 is 28.1. The zero-order valence-corrected chi connectivity index (χ0v) is 13.5. The lowest BCUT2D eigenvalue weighted by atomic mass is 10.1. The maximum absolute atomic E-state index is 11.2. The number of nitrogens with zero attached hydrogens (tertiary/aromatic N) is 1. The topological polar surface area (TPSA) is 60.2 Å². The van der Waals surface area contributed by atoms with Crippen molar-refractivity contribution in [3.8, 4) is 11.3 Å². The highest BCUT2D eigenvalue weighted by molar-refractivity contribution is 8.13. The van der Waals surface area contributed by atoms with Crippen molar-refractivity contribution in [2.45, 2.75) is 43.9 Å². The van der Waals surface area contributed by atoms with Crippen LogP contribution in [0.15, 0.2) is 39.8 Å². The molecule has 0 aliphatic rings. The van der Waals surface area contributed by atoms with Crippen molar-refractivity contribution in [1.82, 2.24) is 4.98 Å². The highest BCUT2D eigenvalue weighted by atomic mass is 35.7. The average molecular weight is 328 g/mol. The number of rotatable bonds is 7. The van der Waals surface area contributed by atoms with Gasteiger partial charge in [0.2, 0.25) is 0 Å². The second-order valence-corrected chi connectivity index (χ2v) is 7.46. The van der Waals surface area contributed by atoms with E-state index in [1.165, 1.54) is 31.4 Å². The van der Waals surface area contributed by atoms with E-state index < -0.39 is 9.05 Å². The fraction of sp³-hybridized carbons (Fsp3) is 0.400. The number of oxazole rings is 1. The Balaban J connectivity index is 2.04. The molecule has 2 rings (SSSR count). The summed E-state index contributed by atoms with van der Waals surface area (Å²) in [5, 5.41) is 0. The molecule has 0 unspecified atom stereocenters. The van der Waals surface area contributed by atoms with Crippen molar-refractivity contribution in [2.24, 2.45) is 0 Å². The number of aromatic nitrogens is 1. The number of unbranched alkanes of at least 4 members (excludes halogenated alkanes) is 3. The van der Waals surface area contributed by atoms with Crippen LogP contribution < -0.4 is 0 Å². The van der Waals surface area contributed by atoms with Crippen molar-refractivity contribution in [1.29, 1.82) is 0 Å². The molecule has 1 aromatic heterocycles. The van der Waals surface area contributed by atoms with Crippen LogP contribution in [0.3, 0.4) is 0 Å². The maximum Gasteiger partial charge on any atom is 0.261 e. The van der Waals surface area contributed by atoms with Gasteiger partial charge < -0.3 is 4.42 Å². The molecule has 0 radical (unpaired) electrons. The van der Waals surface area contributed by atoms with Gasteiger partial charge in [-0.15, -0.1) is 0 Å². The second kappa shape index (κ2) is 7.09. The van der Waals surface area contributed by atoms with E-state index in [1.54, 1.807) is 18.3 Å². The molecular formula is C15H18ClNO3S. The Morgan fingerprint density at radius 2 is 1.86 bits per heavy atom. The first-order chi connectivity index (χ1) is 10.0. The summed E-state index contributed by atoms with van der Waals surface area (Å²) in [5.74, 6) is 1.36. The molecular weight excluding hydrogens is 310 g/mol. The third-order valence-corrected chi connectivity index (χ3v) is 4.59. The van der Waals surface area contributed by atoms with E-state index in [0.29, 0.717) is 5.76 Å². The molecule has 0 aliphatic heterocycles. The number of benzene rings is 1. The Morgan fingerprint density at radius 3 is 2.48 bits per heavy atom. The van der Waals surface area contributed by atoms with Crippen LogP contribution in [0, 0.1) is 0 Å². The van der Waals surface area contributed by atoms with E-state index in [1.807, 2.05) is 0 Å². The van der Waals surface area contributed by atoms with Crippen LogP contribution in [0.4, 0.5) is 0 Å². The summed E-state index contributed by atoms with van der Waals surface area (Å²) in [6, 6.07) is 6.25. The second-order valence-electron chi connectivity index (χ2n) is 4.89. The van der Waals surface area contributed by atoms with Gasteiger partial charge in [0.05, 0.1) is 11.1 Å². The van der Waals surface area contributed by atoms with E-state index in [4.69, 9.17) is 15.1 Å². The monoisotopic (exact) mass is 327 g/mol. The molecule has 4 nitrogen and oxygen atoms in total. The summed E-state index contributed by atoms with van der Waals surface area (Å²) in [5.41, 5.74) is 0.784. The normalized spacial score (nSPS) is 11.7. The van der Waals surface area contributed by atoms with Gasteiger partial charge in [-0.05, 0) is 30.7 Å². The minimum atomic E-state index is -3.69. The third kappa shape index (κ3) is 4.58. The quantitative estimate of drug-likeness (QED) is 0.559. The van der Waals surface area contributed by atoms with Gasteiger partial charge in [-0.25, -0.2) is 13.4 Å². The SMILES string of the molecule is CCCCCCc1ncc(-c2ccc(S(=O)(=O)Cl)cc2)o1. The minimum absolute atomic E-state index is 0.0761. The van der Waals surface area contributed by atoms with Gasteiger partial charge in [-0.3, -0.25) is 0 Å². The van der Waals surface area contributed by atoms with Gasteiger partial charge in [0.25, 0.3) is 9.05 Å². The fourth-order valence-electron chi connectivity index (χ4n) is 2.04. The van der Waals surface area contributed by atoms with Gasteiger partial charge in [0, 0.05) is 22.7 Å². The summed E-state index contributed by atoms with van der Waals surface area (Å²) in [4.78, 5) is 4.33. The molecule has 0 fully saturated rings. The molecule has 1 aromatic carbocycles. The maximum atomic E-state index is 11.2. The lowest BCUT2D eigenvalue weighted by Gasteiger charge is -1.99. The van der Waals surface area contributed by atoms with Crippen LogP contribution in [0.25, 0.3) is 11.3 Å². The zero-order chi connectivity index (χ0) is 15.3. The van der Waals surface area contributed by atoms with Gasteiger partial charge in [0.15, 0.2) is 11.7 Å². The molecule has 0 bridgehead atoms. The molecule has 1 heterocycles. The number of hydrogen-bond acceptors (Lipinski definition) is 4. The number of aryl methyl sites for hydroxylation is 1. The molecule has 0 saturated heterocycles. The smallest absolute Gasteiger partial charge is 0.261 e. The van der Waals surface area contributed by atoms with Crippen molar-refractivity contribution in [3.05, 3.63) is 36.4 Å². The molecule has 21 heavy (non-hydrogen) atoms. The molecule has 0 aliphatic carbocycles. The fourth-order valence-corrected chi connectivity index (χ4v) is 2.81. The van der Waals surface area contributed by atoms with Crippen LogP contribution in [-0.2, 0) is 15.5 Å². The largest absolute Gasteiger partial charge is 0.441 e. The van der Waals surface area contributed by atoms with E-state index in [2.05, 4.69) is 11.9 Å². The van der Waals surface area contributed by atoms with Crippen LogP contribution in [-0.4, -0.2) is 13.4 Å². The Hall–Kier alpha value is -1.33. The summed E-state index contributed by atoms with van der Waals surface area (Å²) in [6.07, 6.45) is 7.16. The molecule has 0 atom stereocenters. The molecule has 2 aromatic rings. The Kier molecular flexibility index (Phi) is 5.42. The molecule has 0 spiro atoms. The van der Waals surface area contributed by atoms with Crippen LogP contribution >= 0.6 is 10.7 Å². The van der Waals surface area contributed by atoms with E-state index in [-0.39, 0.29) is 4.90 Å². The molecule has 0 N–H and O–H groups in total. The Labute approximate surface area is 129 Å². The van der Waals surface area contributed by atoms with Crippen molar-refractivity contribution >= 4 is 19.7 Å². The van der Waals surface area contributed by atoms with Crippen LogP contribution in [0.5, 0.6) is 0 Å². The van der Waals surface area contributed by atoms with Gasteiger partial charge in [0.1, 0.15) is 0 Å².